The number of rotatable bonds is 8. The Hall–Kier alpha value is -3.81. The van der Waals surface area contributed by atoms with E-state index in [1.807, 2.05) is 53.3 Å². The lowest BCUT2D eigenvalue weighted by molar-refractivity contribution is -0.121. The summed E-state index contributed by atoms with van der Waals surface area (Å²) in [4.78, 5) is 20.3. The highest BCUT2D eigenvalue weighted by atomic mass is 16.5. The Morgan fingerprint density at radius 1 is 1.03 bits per heavy atom. The molecule has 1 N–H and O–H groups in total. The molecule has 0 aliphatic heterocycles. The van der Waals surface area contributed by atoms with E-state index in [1.54, 1.807) is 18.6 Å². The number of hydrogen-bond donors (Lipinski definition) is 1. The van der Waals surface area contributed by atoms with Gasteiger partial charge < -0.3 is 9.84 Å². The minimum atomic E-state index is -0.0400. The molecule has 4 rings (SSSR count). The first kappa shape index (κ1) is 18.5. The van der Waals surface area contributed by atoms with Crippen LogP contribution in [-0.4, -0.2) is 37.4 Å². The molecule has 0 saturated carbocycles. The van der Waals surface area contributed by atoms with E-state index in [0.29, 0.717) is 31.1 Å². The Morgan fingerprint density at radius 3 is 2.62 bits per heavy atom. The van der Waals surface area contributed by atoms with E-state index in [4.69, 9.17) is 4.52 Å². The fraction of sp³-hybridized carbons (Fsp3) is 0.190. The van der Waals surface area contributed by atoms with E-state index < -0.39 is 0 Å². The Morgan fingerprint density at radius 2 is 1.86 bits per heavy atom. The van der Waals surface area contributed by atoms with Crippen molar-refractivity contribution in [1.29, 1.82) is 0 Å². The van der Waals surface area contributed by atoms with Gasteiger partial charge in [0.1, 0.15) is 0 Å². The van der Waals surface area contributed by atoms with Crippen molar-refractivity contribution < 1.29 is 9.32 Å². The maximum Gasteiger partial charge on any atom is 0.227 e. The summed E-state index contributed by atoms with van der Waals surface area (Å²) in [5, 5.41) is 11.1. The van der Waals surface area contributed by atoms with E-state index in [1.165, 1.54) is 0 Å². The summed E-state index contributed by atoms with van der Waals surface area (Å²) >= 11 is 0. The third-order valence-corrected chi connectivity index (χ3v) is 4.41. The number of pyridine rings is 1. The first-order valence-corrected chi connectivity index (χ1v) is 9.36. The fourth-order valence-corrected chi connectivity index (χ4v) is 2.87. The number of carbonyl (C=O) groups excluding carboxylic acids is 1. The standard InChI is InChI=1S/C21H20N6O2/c28-19(6-7-20-25-21(26-29-20)17-9-12-22-13-10-17)23-14-8-16-2-4-18(5-3-16)27-15-1-11-24-27/h1-5,9-13,15H,6-8,14H2,(H,23,28). The van der Waals surface area contributed by atoms with Gasteiger partial charge in [0.2, 0.25) is 17.6 Å². The van der Waals surface area contributed by atoms with Crippen LogP contribution in [0.5, 0.6) is 0 Å². The zero-order chi connectivity index (χ0) is 19.9. The van der Waals surface area contributed by atoms with Gasteiger partial charge in [0, 0.05) is 49.7 Å². The zero-order valence-corrected chi connectivity index (χ0v) is 15.7. The topological polar surface area (TPSA) is 98.7 Å². The summed E-state index contributed by atoms with van der Waals surface area (Å²) in [6, 6.07) is 13.6. The number of carbonyl (C=O) groups is 1. The molecule has 146 valence electrons. The lowest BCUT2D eigenvalue weighted by Crippen LogP contribution is -2.25. The second-order valence-corrected chi connectivity index (χ2v) is 6.46. The van der Waals surface area contributed by atoms with E-state index >= 15 is 0 Å². The molecule has 1 aromatic carbocycles. The van der Waals surface area contributed by atoms with Gasteiger partial charge in [0.25, 0.3) is 0 Å². The minimum absolute atomic E-state index is 0.0400. The number of nitrogens with zero attached hydrogens (tertiary/aromatic N) is 5. The average molecular weight is 388 g/mol. The van der Waals surface area contributed by atoms with Crippen molar-refractivity contribution in [2.45, 2.75) is 19.3 Å². The van der Waals surface area contributed by atoms with Crippen molar-refractivity contribution in [3.63, 3.8) is 0 Å². The SMILES string of the molecule is O=C(CCc1nc(-c2ccncc2)no1)NCCc1ccc(-n2cccn2)cc1. The third kappa shape index (κ3) is 4.92. The molecule has 0 atom stereocenters. The number of aromatic nitrogens is 5. The molecular weight excluding hydrogens is 368 g/mol. The molecule has 0 radical (unpaired) electrons. The highest BCUT2D eigenvalue weighted by Crippen LogP contribution is 2.14. The van der Waals surface area contributed by atoms with Crippen LogP contribution in [0.25, 0.3) is 17.1 Å². The van der Waals surface area contributed by atoms with Crippen LogP contribution in [0.15, 0.2) is 71.8 Å². The fourth-order valence-electron chi connectivity index (χ4n) is 2.87. The molecule has 4 aromatic rings. The van der Waals surface area contributed by atoms with Gasteiger partial charge in [0.05, 0.1) is 5.69 Å². The first-order chi connectivity index (χ1) is 14.3. The van der Waals surface area contributed by atoms with Crippen molar-refractivity contribution >= 4 is 5.91 Å². The maximum atomic E-state index is 12.1. The Kier molecular flexibility index (Phi) is 5.70. The number of hydrogen-bond acceptors (Lipinski definition) is 6. The van der Waals surface area contributed by atoms with Gasteiger partial charge in [-0.1, -0.05) is 17.3 Å². The molecule has 0 aliphatic rings. The van der Waals surface area contributed by atoms with Crippen LogP contribution >= 0.6 is 0 Å². The van der Waals surface area contributed by atoms with Gasteiger partial charge in [-0.2, -0.15) is 10.1 Å². The van der Waals surface area contributed by atoms with Crippen molar-refractivity contribution in [3.05, 3.63) is 78.7 Å². The van der Waals surface area contributed by atoms with Gasteiger partial charge in [-0.15, -0.1) is 0 Å². The molecule has 1 amide bonds. The van der Waals surface area contributed by atoms with Crippen molar-refractivity contribution in [1.82, 2.24) is 30.2 Å². The van der Waals surface area contributed by atoms with E-state index in [-0.39, 0.29) is 5.91 Å². The van der Waals surface area contributed by atoms with Gasteiger partial charge in [-0.3, -0.25) is 9.78 Å². The van der Waals surface area contributed by atoms with Gasteiger partial charge >= 0.3 is 0 Å². The summed E-state index contributed by atoms with van der Waals surface area (Å²) in [5.41, 5.74) is 2.99. The highest BCUT2D eigenvalue weighted by molar-refractivity contribution is 5.76. The Bertz CT molecular complexity index is 1040. The molecule has 0 unspecified atom stereocenters. The lowest BCUT2D eigenvalue weighted by Gasteiger charge is -2.06. The average Bonchev–Trinajstić information content (AvgIpc) is 3.46. The monoisotopic (exact) mass is 388 g/mol. The van der Waals surface area contributed by atoms with E-state index in [0.717, 1.165) is 23.2 Å². The van der Waals surface area contributed by atoms with E-state index in [9.17, 15) is 4.79 Å². The highest BCUT2D eigenvalue weighted by Gasteiger charge is 2.10. The van der Waals surface area contributed by atoms with Crippen LogP contribution in [0.2, 0.25) is 0 Å². The van der Waals surface area contributed by atoms with Gasteiger partial charge in [0.15, 0.2) is 0 Å². The quantitative estimate of drug-likeness (QED) is 0.498. The number of nitrogens with one attached hydrogen (secondary N) is 1. The molecule has 0 bridgehead atoms. The van der Waals surface area contributed by atoms with Crippen LogP contribution in [0.3, 0.4) is 0 Å². The molecule has 0 fully saturated rings. The largest absolute Gasteiger partial charge is 0.356 e. The Labute approximate surface area is 167 Å². The number of benzene rings is 1. The molecule has 0 saturated heterocycles. The van der Waals surface area contributed by atoms with Crippen LogP contribution in [-0.2, 0) is 17.6 Å². The zero-order valence-electron chi connectivity index (χ0n) is 15.7. The van der Waals surface area contributed by atoms with Crippen molar-refractivity contribution in [3.8, 4) is 17.1 Å². The van der Waals surface area contributed by atoms with Crippen LogP contribution < -0.4 is 5.32 Å². The van der Waals surface area contributed by atoms with E-state index in [2.05, 4.69) is 25.5 Å². The number of amides is 1. The normalized spacial score (nSPS) is 10.8. The summed E-state index contributed by atoms with van der Waals surface area (Å²) in [7, 11) is 0. The lowest BCUT2D eigenvalue weighted by atomic mass is 10.1. The van der Waals surface area contributed by atoms with Crippen molar-refractivity contribution in [2.24, 2.45) is 0 Å². The second kappa shape index (κ2) is 8.92. The maximum absolute atomic E-state index is 12.1. The molecule has 29 heavy (non-hydrogen) atoms. The van der Waals surface area contributed by atoms with Crippen molar-refractivity contribution in [2.75, 3.05) is 6.54 Å². The molecule has 3 aromatic heterocycles. The molecular formula is C21H20N6O2. The third-order valence-electron chi connectivity index (χ3n) is 4.41. The molecule has 8 heteroatoms. The van der Waals surface area contributed by atoms with Crippen LogP contribution in [0.4, 0.5) is 0 Å². The number of aryl methyl sites for hydroxylation is 1. The van der Waals surface area contributed by atoms with Gasteiger partial charge in [-0.05, 0) is 42.3 Å². The smallest absolute Gasteiger partial charge is 0.227 e. The summed E-state index contributed by atoms with van der Waals surface area (Å²) in [5.74, 6) is 0.907. The second-order valence-electron chi connectivity index (χ2n) is 6.46. The summed E-state index contributed by atoms with van der Waals surface area (Å²) in [6.45, 7) is 0.575. The first-order valence-electron chi connectivity index (χ1n) is 9.36. The predicted octanol–water partition coefficient (Wildman–Crippen LogP) is 2.61. The summed E-state index contributed by atoms with van der Waals surface area (Å²) < 4.78 is 7.03. The van der Waals surface area contributed by atoms with Crippen LogP contribution in [0, 0.1) is 0 Å². The summed E-state index contributed by atoms with van der Waals surface area (Å²) in [6.07, 6.45) is 8.46. The molecule has 0 aliphatic carbocycles. The van der Waals surface area contributed by atoms with Gasteiger partial charge in [-0.25, -0.2) is 4.68 Å². The Balaban J connectivity index is 1.20. The van der Waals surface area contributed by atoms with Crippen LogP contribution in [0.1, 0.15) is 17.9 Å². The molecule has 3 heterocycles. The molecule has 8 nitrogen and oxygen atoms in total. The molecule has 0 spiro atoms. The minimum Gasteiger partial charge on any atom is -0.356 e. The predicted molar refractivity (Wildman–Crippen MR) is 106 cm³/mol.